The zero-order valence-electron chi connectivity index (χ0n) is 20.1. The molecule has 4 rings (SSSR count). The first-order valence-corrected chi connectivity index (χ1v) is 13.9. The number of aryl methyl sites for hydroxylation is 2. The molecule has 186 valence electrons. The number of methoxy groups -OCH3 is 1. The van der Waals surface area contributed by atoms with E-state index in [0.717, 1.165) is 35.4 Å². The minimum atomic E-state index is -3.48. The Kier molecular flexibility index (Phi) is 7.42. The Morgan fingerprint density at radius 2 is 1.91 bits per heavy atom. The fourth-order valence-corrected chi connectivity index (χ4v) is 6.77. The number of rotatable bonds is 7. The van der Waals surface area contributed by atoms with Crippen LogP contribution in [0.5, 0.6) is 0 Å². The van der Waals surface area contributed by atoms with Crippen LogP contribution >= 0.6 is 0 Å². The normalized spacial score (nSPS) is 21.4. The molecule has 1 saturated carbocycles. The summed E-state index contributed by atoms with van der Waals surface area (Å²) in [4.78, 5) is 29.2. The van der Waals surface area contributed by atoms with E-state index >= 15 is 0 Å². The van der Waals surface area contributed by atoms with Crippen LogP contribution in [0.2, 0.25) is 0 Å². The predicted molar refractivity (Wildman–Crippen MR) is 130 cm³/mol. The first-order valence-electron chi connectivity index (χ1n) is 12.3. The standard InChI is InChI=1S/C25H35N3O5S/c1-18-8-9-19(17-22(29)33-2)16-21(18)10-15-34(31,32)28-13-11-25(12-14-28)24(30)26-23(27-25)20-6-4-3-5-7-20/h8-9,16,20H,3-7,10-15,17H2,1-2H3,(H,26,27,30). The highest BCUT2D eigenvalue weighted by Gasteiger charge is 2.48. The average molecular weight is 490 g/mol. The Labute approximate surface area is 202 Å². The topological polar surface area (TPSA) is 105 Å². The molecule has 2 heterocycles. The Hall–Kier alpha value is -2.26. The third kappa shape index (κ3) is 5.35. The molecule has 0 bridgehead atoms. The van der Waals surface area contributed by atoms with Gasteiger partial charge in [-0.25, -0.2) is 12.7 Å². The van der Waals surface area contributed by atoms with Crippen LogP contribution in [0.25, 0.3) is 0 Å². The summed E-state index contributed by atoms with van der Waals surface area (Å²) >= 11 is 0. The lowest BCUT2D eigenvalue weighted by Gasteiger charge is -2.34. The van der Waals surface area contributed by atoms with Gasteiger partial charge in [0.25, 0.3) is 5.91 Å². The van der Waals surface area contributed by atoms with Crippen molar-refractivity contribution >= 4 is 27.7 Å². The molecule has 0 radical (unpaired) electrons. The molecule has 9 heteroatoms. The zero-order valence-corrected chi connectivity index (χ0v) is 21.0. The third-order valence-corrected chi connectivity index (χ3v) is 9.42. The van der Waals surface area contributed by atoms with Gasteiger partial charge in [0.1, 0.15) is 11.4 Å². The molecule has 3 aliphatic rings. The maximum atomic E-state index is 13.1. The molecule has 1 N–H and O–H groups in total. The number of amidine groups is 1. The van der Waals surface area contributed by atoms with E-state index in [9.17, 15) is 18.0 Å². The summed E-state index contributed by atoms with van der Waals surface area (Å²) in [6, 6.07) is 5.66. The SMILES string of the molecule is COC(=O)Cc1ccc(C)c(CCS(=O)(=O)N2CCC3(CC2)N=C(C2CCCCC2)NC3=O)c1. The number of benzene rings is 1. The number of aliphatic imine (C=N–C) groups is 1. The maximum Gasteiger partial charge on any atom is 0.309 e. The second kappa shape index (κ2) is 10.2. The van der Waals surface area contributed by atoms with Crippen LogP contribution in [0.3, 0.4) is 0 Å². The van der Waals surface area contributed by atoms with Gasteiger partial charge < -0.3 is 10.1 Å². The van der Waals surface area contributed by atoms with Crippen molar-refractivity contribution < 1.29 is 22.7 Å². The van der Waals surface area contributed by atoms with Gasteiger partial charge in [-0.15, -0.1) is 0 Å². The van der Waals surface area contributed by atoms with Crippen molar-refractivity contribution in [3.8, 4) is 0 Å². The Morgan fingerprint density at radius 3 is 2.59 bits per heavy atom. The summed E-state index contributed by atoms with van der Waals surface area (Å²) < 4.78 is 32.4. The molecular weight excluding hydrogens is 454 g/mol. The summed E-state index contributed by atoms with van der Waals surface area (Å²) in [6.45, 7) is 2.55. The molecule has 0 atom stereocenters. The zero-order chi connectivity index (χ0) is 24.3. The van der Waals surface area contributed by atoms with E-state index in [-0.39, 0.29) is 24.1 Å². The highest BCUT2D eigenvalue weighted by molar-refractivity contribution is 7.89. The van der Waals surface area contributed by atoms with E-state index in [1.54, 1.807) is 0 Å². The van der Waals surface area contributed by atoms with Gasteiger partial charge in [0.2, 0.25) is 10.0 Å². The van der Waals surface area contributed by atoms with Gasteiger partial charge in [-0.3, -0.25) is 14.6 Å². The number of carbonyl (C=O) groups is 2. The van der Waals surface area contributed by atoms with E-state index in [1.165, 1.54) is 30.7 Å². The van der Waals surface area contributed by atoms with Gasteiger partial charge in [-0.05, 0) is 55.7 Å². The molecule has 1 saturated heterocycles. The van der Waals surface area contributed by atoms with Crippen LogP contribution in [0.1, 0.15) is 61.6 Å². The van der Waals surface area contributed by atoms with Gasteiger partial charge in [0.05, 0.1) is 19.3 Å². The summed E-state index contributed by atoms with van der Waals surface area (Å²) in [7, 11) is -2.12. The highest BCUT2D eigenvalue weighted by Crippen LogP contribution is 2.34. The Balaban J connectivity index is 1.37. The number of ether oxygens (including phenoxy) is 1. The summed E-state index contributed by atoms with van der Waals surface area (Å²) in [6.07, 6.45) is 7.08. The number of amides is 1. The number of hydrogen-bond acceptors (Lipinski definition) is 6. The molecule has 0 unspecified atom stereocenters. The monoisotopic (exact) mass is 489 g/mol. The third-order valence-electron chi connectivity index (χ3n) is 7.55. The molecule has 1 aromatic rings. The van der Waals surface area contributed by atoms with E-state index in [4.69, 9.17) is 9.73 Å². The summed E-state index contributed by atoms with van der Waals surface area (Å²) in [5, 5.41) is 3.02. The molecule has 1 aromatic carbocycles. The number of sulfonamides is 1. The Bertz CT molecular complexity index is 1070. The molecule has 8 nitrogen and oxygen atoms in total. The fourth-order valence-electron chi connectivity index (χ4n) is 5.30. The fraction of sp³-hybridized carbons (Fsp3) is 0.640. The van der Waals surface area contributed by atoms with Gasteiger partial charge in [-0.1, -0.05) is 37.5 Å². The second-order valence-corrected chi connectivity index (χ2v) is 11.9. The number of nitrogens with one attached hydrogen (secondary N) is 1. The minimum absolute atomic E-state index is 0.00863. The van der Waals surface area contributed by atoms with Crippen LogP contribution < -0.4 is 5.32 Å². The van der Waals surface area contributed by atoms with E-state index in [1.807, 2.05) is 25.1 Å². The van der Waals surface area contributed by atoms with Crippen LogP contribution in [0.4, 0.5) is 0 Å². The van der Waals surface area contributed by atoms with E-state index in [2.05, 4.69) is 5.32 Å². The lowest BCUT2D eigenvalue weighted by Crippen LogP contribution is -2.51. The smallest absolute Gasteiger partial charge is 0.309 e. The highest BCUT2D eigenvalue weighted by atomic mass is 32.2. The lowest BCUT2D eigenvalue weighted by atomic mass is 9.88. The largest absolute Gasteiger partial charge is 0.469 e. The van der Waals surface area contributed by atoms with Crippen molar-refractivity contribution in [1.82, 2.24) is 9.62 Å². The van der Waals surface area contributed by atoms with Crippen LogP contribution in [0.15, 0.2) is 23.2 Å². The van der Waals surface area contributed by atoms with Crippen molar-refractivity contribution in [2.24, 2.45) is 10.9 Å². The first-order chi connectivity index (χ1) is 16.2. The van der Waals surface area contributed by atoms with Gasteiger partial charge >= 0.3 is 5.97 Å². The van der Waals surface area contributed by atoms with Crippen molar-refractivity contribution in [1.29, 1.82) is 0 Å². The number of esters is 1. The predicted octanol–water partition coefficient (Wildman–Crippen LogP) is 2.53. The quantitative estimate of drug-likeness (QED) is 0.593. The van der Waals surface area contributed by atoms with Gasteiger partial charge in [-0.2, -0.15) is 0 Å². The molecule has 0 aromatic heterocycles. The number of nitrogens with zero attached hydrogens (tertiary/aromatic N) is 2. The number of hydrogen-bond donors (Lipinski definition) is 1. The minimum Gasteiger partial charge on any atom is -0.469 e. The number of piperidine rings is 1. The van der Waals surface area contributed by atoms with E-state index in [0.29, 0.717) is 38.3 Å². The molecule has 1 aliphatic carbocycles. The average Bonchev–Trinajstić information content (AvgIpc) is 3.15. The van der Waals surface area contributed by atoms with Crippen molar-refractivity contribution in [2.75, 3.05) is 26.0 Å². The van der Waals surface area contributed by atoms with Gasteiger partial charge in [0.15, 0.2) is 0 Å². The van der Waals surface area contributed by atoms with E-state index < -0.39 is 15.6 Å². The van der Waals surface area contributed by atoms with Crippen molar-refractivity contribution in [3.63, 3.8) is 0 Å². The van der Waals surface area contributed by atoms with Crippen molar-refractivity contribution in [2.45, 2.75) is 70.3 Å². The maximum absolute atomic E-state index is 13.1. The molecule has 2 fully saturated rings. The number of carbonyl (C=O) groups excluding carboxylic acids is 2. The first kappa shape index (κ1) is 24.9. The summed E-state index contributed by atoms with van der Waals surface area (Å²) in [5.41, 5.74) is 1.91. The second-order valence-electron chi connectivity index (χ2n) is 9.80. The molecule has 34 heavy (non-hydrogen) atoms. The lowest BCUT2D eigenvalue weighted by molar-refractivity contribution is -0.139. The van der Waals surface area contributed by atoms with Crippen LogP contribution in [-0.2, 0) is 37.2 Å². The molecule has 2 aliphatic heterocycles. The van der Waals surface area contributed by atoms with Crippen molar-refractivity contribution in [3.05, 3.63) is 34.9 Å². The molecule has 1 spiro atoms. The summed E-state index contributed by atoms with van der Waals surface area (Å²) in [5.74, 6) is 0.754. The van der Waals surface area contributed by atoms with Gasteiger partial charge in [0, 0.05) is 19.0 Å². The van der Waals surface area contributed by atoms with Crippen LogP contribution in [-0.4, -0.2) is 61.9 Å². The molecular formula is C25H35N3O5S. The molecule has 1 amide bonds. The Morgan fingerprint density at radius 1 is 1.21 bits per heavy atom. The van der Waals surface area contributed by atoms with Crippen LogP contribution in [0, 0.1) is 12.8 Å².